The van der Waals surface area contributed by atoms with E-state index in [2.05, 4.69) is 25.8 Å². The van der Waals surface area contributed by atoms with Gasteiger partial charge in [0.05, 0.1) is 38.7 Å². The Labute approximate surface area is 354 Å². The maximum atomic E-state index is 13.0. The zero-order valence-electron chi connectivity index (χ0n) is 34.6. The highest BCUT2D eigenvalue weighted by Gasteiger charge is 2.43. The number of halogens is 1. The number of imide groups is 2. The number of carbonyl (C=O) groups is 7. The van der Waals surface area contributed by atoms with Crippen LogP contribution in [0.4, 0.5) is 16.2 Å². The summed E-state index contributed by atoms with van der Waals surface area (Å²) < 4.78 is 16.9. The Morgan fingerprint density at radius 3 is 1.48 bits per heavy atom. The monoisotopic (exact) mass is 852 g/mol. The highest BCUT2D eigenvalue weighted by atomic mass is 35.5. The third-order valence-corrected chi connectivity index (χ3v) is 11.4. The lowest BCUT2D eigenvalue weighted by Crippen LogP contribution is -2.52. The van der Waals surface area contributed by atoms with E-state index in [4.69, 9.17) is 14.2 Å². The summed E-state index contributed by atoms with van der Waals surface area (Å²) in [4.78, 5) is 94.8. The van der Waals surface area contributed by atoms with Crippen LogP contribution in [0.25, 0.3) is 0 Å². The lowest BCUT2D eigenvalue weighted by atomic mass is 10.0. The average Bonchev–Trinajstić information content (AvgIpc) is 3.72. The molecule has 60 heavy (non-hydrogen) atoms. The molecule has 19 heteroatoms. The fraction of sp³-hybridized carbons (Fsp3) is 0.537. The van der Waals surface area contributed by atoms with Crippen LogP contribution >= 0.6 is 12.4 Å². The Kier molecular flexibility index (Phi) is 13.1. The van der Waals surface area contributed by atoms with Crippen molar-refractivity contribution in [3.8, 4) is 11.5 Å². The molecule has 0 saturated carbocycles. The molecule has 0 bridgehead atoms. The zero-order chi connectivity index (χ0) is 42.2. The molecule has 0 spiro atoms. The van der Waals surface area contributed by atoms with Gasteiger partial charge in [0.25, 0.3) is 11.8 Å². The molecule has 6 aliphatic rings. The molecule has 4 saturated heterocycles. The van der Waals surface area contributed by atoms with Crippen molar-refractivity contribution >= 4 is 65.3 Å². The first-order chi connectivity index (χ1) is 28.2. The highest BCUT2D eigenvalue weighted by Crippen LogP contribution is 2.42. The van der Waals surface area contributed by atoms with Crippen molar-refractivity contribution < 1.29 is 47.8 Å². The second kappa shape index (κ2) is 17.9. The first-order valence-electron chi connectivity index (χ1n) is 20.1. The fourth-order valence-corrected chi connectivity index (χ4v) is 8.52. The molecule has 0 aromatic heterocycles. The van der Waals surface area contributed by atoms with Crippen LogP contribution in [0.3, 0.4) is 0 Å². The number of rotatable bonds is 6. The van der Waals surface area contributed by atoms with Gasteiger partial charge in [-0.2, -0.15) is 0 Å². The van der Waals surface area contributed by atoms with Crippen LogP contribution in [0.2, 0.25) is 0 Å². The van der Waals surface area contributed by atoms with Gasteiger partial charge < -0.3 is 44.0 Å². The highest BCUT2D eigenvalue weighted by molar-refractivity contribution is 6.07. The van der Waals surface area contributed by atoms with Gasteiger partial charge in [0.1, 0.15) is 29.2 Å². The quantitative estimate of drug-likeness (QED) is 0.356. The van der Waals surface area contributed by atoms with E-state index in [1.807, 2.05) is 39.0 Å². The number of fused-ring (bicyclic) bond motifs is 2. The number of ether oxygens (including phenoxy) is 3. The molecule has 324 valence electrons. The number of hydrogen-bond donors (Lipinski definition) is 3. The van der Waals surface area contributed by atoms with Crippen molar-refractivity contribution in [2.45, 2.75) is 77.2 Å². The van der Waals surface area contributed by atoms with E-state index in [9.17, 15) is 33.6 Å². The number of benzene rings is 2. The van der Waals surface area contributed by atoms with Crippen LogP contribution in [0.1, 0.15) is 78.3 Å². The minimum absolute atomic E-state index is 0. The van der Waals surface area contributed by atoms with Crippen molar-refractivity contribution in [1.29, 1.82) is 0 Å². The van der Waals surface area contributed by atoms with Crippen LogP contribution in [0.15, 0.2) is 24.3 Å². The van der Waals surface area contributed by atoms with Gasteiger partial charge in [0.2, 0.25) is 23.6 Å². The van der Waals surface area contributed by atoms with Gasteiger partial charge in [0, 0.05) is 87.5 Å². The maximum absolute atomic E-state index is 13.0. The summed E-state index contributed by atoms with van der Waals surface area (Å²) >= 11 is 0. The molecular formula is C41H53ClN8O10. The van der Waals surface area contributed by atoms with Crippen molar-refractivity contribution in [3.63, 3.8) is 0 Å². The second-order valence-electron chi connectivity index (χ2n) is 16.3. The summed E-state index contributed by atoms with van der Waals surface area (Å²) in [5.41, 5.74) is 3.91. The fourth-order valence-electron chi connectivity index (χ4n) is 8.52. The summed E-state index contributed by atoms with van der Waals surface area (Å²) in [6.07, 6.45) is 0.804. The van der Waals surface area contributed by atoms with Crippen LogP contribution in [0.5, 0.6) is 11.5 Å². The van der Waals surface area contributed by atoms with Gasteiger partial charge in [-0.1, -0.05) is 0 Å². The number of hydrogen-bond acceptors (Lipinski definition) is 13. The first-order valence-corrected chi connectivity index (χ1v) is 20.1. The van der Waals surface area contributed by atoms with Crippen molar-refractivity contribution in [2.75, 3.05) is 76.4 Å². The van der Waals surface area contributed by atoms with Gasteiger partial charge in [-0.3, -0.25) is 39.4 Å². The molecule has 18 nitrogen and oxygen atoms in total. The SMILES string of the molecule is COc1c(N2CCN(C(=O)OC(C)(C)C)CC2)ccc2c1CN(C1CCC(=O)NC1=O)C2=O.COc1c(N2CCNCC2)ccc2c1CN(C1CCC(=O)NC1=O)C2=O.Cl. The second-order valence-corrected chi connectivity index (χ2v) is 16.3. The lowest BCUT2D eigenvalue weighted by molar-refractivity contribution is -0.138. The Hall–Kier alpha value is -5.62. The molecule has 4 fully saturated rings. The van der Waals surface area contributed by atoms with Gasteiger partial charge in [-0.05, 0) is 57.9 Å². The maximum Gasteiger partial charge on any atom is 0.410 e. The number of piperazine rings is 2. The third-order valence-electron chi connectivity index (χ3n) is 11.4. The largest absolute Gasteiger partial charge is 0.494 e. The molecule has 2 aromatic rings. The Bertz CT molecular complexity index is 2060. The number of nitrogens with zero attached hydrogens (tertiary/aromatic N) is 5. The molecule has 6 aliphatic heterocycles. The van der Waals surface area contributed by atoms with E-state index >= 15 is 0 Å². The Balaban J connectivity index is 0.000000203. The number of nitrogens with one attached hydrogen (secondary N) is 3. The molecular weight excluding hydrogens is 800 g/mol. The lowest BCUT2D eigenvalue weighted by Gasteiger charge is -2.37. The average molecular weight is 853 g/mol. The minimum Gasteiger partial charge on any atom is -0.494 e. The number of amides is 7. The molecule has 2 unspecified atom stereocenters. The summed E-state index contributed by atoms with van der Waals surface area (Å²) in [6, 6.07) is 6.08. The molecule has 0 aliphatic carbocycles. The topological polar surface area (TPSA) is 199 Å². The van der Waals surface area contributed by atoms with Crippen LogP contribution in [-0.2, 0) is 37.0 Å². The molecule has 0 radical (unpaired) electrons. The van der Waals surface area contributed by atoms with Crippen molar-refractivity contribution in [1.82, 2.24) is 30.7 Å². The predicted octanol–water partition coefficient (Wildman–Crippen LogP) is 1.80. The summed E-state index contributed by atoms with van der Waals surface area (Å²) in [5.74, 6) is -0.555. The molecule has 2 atom stereocenters. The van der Waals surface area contributed by atoms with Crippen LogP contribution in [0, 0.1) is 0 Å². The molecule has 3 N–H and O–H groups in total. The molecule has 8 rings (SSSR count). The number of anilines is 2. The number of piperidine rings is 2. The van der Waals surface area contributed by atoms with E-state index in [1.165, 1.54) is 4.90 Å². The zero-order valence-corrected chi connectivity index (χ0v) is 35.4. The Morgan fingerprint density at radius 1 is 0.650 bits per heavy atom. The van der Waals surface area contributed by atoms with E-state index in [0.717, 1.165) is 48.7 Å². The van der Waals surface area contributed by atoms with Crippen LogP contribution in [-0.4, -0.2) is 140 Å². The van der Waals surface area contributed by atoms with Gasteiger partial charge >= 0.3 is 6.09 Å². The minimum atomic E-state index is -0.673. The third kappa shape index (κ3) is 8.80. The van der Waals surface area contributed by atoms with Crippen molar-refractivity contribution in [2.24, 2.45) is 0 Å². The van der Waals surface area contributed by atoms with E-state index in [1.54, 1.807) is 30.1 Å². The predicted molar refractivity (Wildman–Crippen MR) is 220 cm³/mol. The smallest absolute Gasteiger partial charge is 0.410 e. The van der Waals surface area contributed by atoms with E-state index < -0.39 is 29.5 Å². The summed E-state index contributed by atoms with van der Waals surface area (Å²) in [5, 5.41) is 7.97. The number of methoxy groups -OCH3 is 2. The van der Waals surface area contributed by atoms with E-state index in [0.29, 0.717) is 68.2 Å². The van der Waals surface area contributed by atoms with Gasteiger partial charge in [-0.25, -0.2) is 4.79 Å². The molecule has 6 heterocycles. The summed E-state index contributed by atoms with van der Waals surface area (Å²) in [7, 11) is 3.18. The van der Waals surface area contributed by atoms with Gasteiger partial charge in [-0.15, -0.1) is 12.4 Å². The standard InChI is InChI=1S/C23H30N4O6.C18H22N4O4.ClH/c1-23(2,3)33-22(31)26-11-9-25(10-12-26)16-6-5-14-15(19(16)32-4)13-27(21(14)30)17-7-8-18(28)24-20(17)29;1-26-16-12-10-22(14-4-5-15(23)20-17(14)24)18(25)11(12)2-3-13(16)21-8-6-19-7-9-21;/h5-6,17H,7-13H2,1-4H3,(H,24,28,29);2-3,14,19H,4-10H2,1H3,(H,20,23,24);1H. The molecule has 7 amide bonds. The molecule has 2 aromatic carbocycles. The Morgan fingerprint density at radius 2 is 1.08 bits per heavy atom. The van der Waals surface area contributed by atoms with Gasteiger partial charge in [0.15, 0.2) is 0 Å². The number of carbonyl (C=O) groups excluding carboxylic acids is 7. The first kappa shape index (κ1) is 43.9. The van der Waals surface area contributed by atoms with E-state index in [-0.39, 0.29) is 61.5 Å². The van der Waals surface area contributed by atoms with Crippen LogP contribution < -0.4 is 35.2 Å². The summed E-state index contributed by atoms with van der Waals surface area (Å²) in [6.45, 7) is 11.9. The normalized spacial score (nSPS) is 21.6. The van der Waals surface area contributed by atoms with Crippen molar-refractivity contribution in [3.05, 3.63) is 46.5 Å².